The summed E-state index contributed by atoms with van der Waals surface area (Å²) in [5, 5.41) is 11.0. The third-order valence-corrected chi connectivity index (χ3v) is 5.21. The molecule has 1 unspecified atom stereocenters. The third-order valence-electron chi connectivity index (χ3n) is 5.21. The Kier molecular flexibility index (Phi) is 4.66. The summed E-state index contributed by atoms with van der Waals surface area (Å²) in [6.07, 6.45) is -0.0659. The van der Waals surface area contributed by atoms with Gasteiger partial charge in [0.15, 0.2) is 6.23 Å². The lowest BCUT2D eigenvalue weighted by Gasteiger charge is -2.27. The molecule has 7 nitrogen and oxygen atoms in total. The van der Waals surface area contributed by atoms with Crippen LogP contribution >= 0.6 is 0 Å². The zero-order chi connectivity index (χ0) is 20.7. The third kappa shape index (κ3) is 3.08. The molecule has 1 N–H and O–H groups in total. The summed E-state index contributed by atoms with van der Waals surface area (Å²) in [4.78, 5) is 17.9. The van der Waals surface area contributed by atoms with E-state index in [1.807, 2.05) is 30.9 Å². The number of nitrogens with zero attached hydrogens (tertiary/aromatic N) is 2. The van der Waals surface area contributed by atoms with Crippen molar-refractivity contribution in [2.45, 2.75) is 26.5 Å². The Balaban J connectivity index is 2.06. The molecule has 29 heavy (non-hydrogen) atoms. The zero-order valence-electron chi connectivity index (χ0n) is 16.7. The van der Waals surface area contributed by atoms with E-state index in [2.05, 4.69) is 0 Å². The van der Waals surface area contributed by atoms with Gasteiger partial charge in [-0.2, -0.15) is 0 Å². The Morgan fingerprint density at radius 3 is 2.59 bits per heavy atom. The van der Waals surface area contributed by atoms with Crippen molar-refractivity contribution in [2.24, 2.45) is 0 Å². The normalized spacial score (nSPS) is 15.3. The number of fused-ring (bicyclic) bond motifs is 3. The minimum absolute atomic E-state index is 0.142. The fourth-order valence-electron chi connectivity index (χ4n) is 4.00. The molecule has 1 aliphatic rings. The zero-order valence-corrected chi connectivity index (χ0v) is 16.7. The summed E-state index contributed by atoms with van der Waals surface area (Å²) in [7, 11) is 3.18. The van der Waals surface area contributed by atoms with E-state index in [9.17, 15) is 9.90 Å². The van der Waals surface area contributed by atoms with Crippen molar-refractivity contribution < 1.29 is 24.1 Å². The number of benzene rings is 2. The Morgan fingerprint density at radius 1 is 1.14 bits per heavy atom. The van der Waals surface area contributed by atoms with Crippen LogP contribution in [0.1, 0.15) is 16.8 Å². The van der Waals surface area contributed by atoms with Gasteiger partial charge in [0.05, 0.1) is 19.9 Å². The second-order valence-electron chi connectivity index (χ2n) is 7.04. The lowest BCUT2D eigenvalue weighted by molar-refractivity contribution is -0.132. The van der Waals surface area contributed by atoms with Gasteiger partial charge in [0.1, 0.15) is 22.8 Å². The molecule has 3 aromatic rings. The average molecular weight is 394 g/mol. The smallest absolute Gasteiger partial charge is 0.295 e. The highest BCUT2D eigenvalue weighted by Crippen LogP contribution is 2.47. The van der Waals surface area contributed by atoms with Crippen LogP contribution in [-0.4, -0.2) is 37.0 Å². The first-order valence-electron chi connectivity index (χ1n) is 9.21. The number of carbonyl (C=O) groups is 1. The van der Waals surface area contributed by atoms with E-state index in [-0.39, 0.29) is 5.75 Å². The predicted octanol–water partition coefficient (Wildman–Crippen LogP) is 3.77. The molecule has 0 amide bonds. The molecular weight excluding hydrogens is 372 g/mol. The van der Waals surface area contributed by atoms with Gasteiger partial charge in [-0.15, -0.1) is 0 Å². The molecule has 0 bridgehead atoms. The number of rotatable bonds is 5. The van der Waals surface area contributed by atoms with E-state index < -0.39 is 6.23 Å². The molecule has 150 valence electrons. The van der Waals surface area contributed by atoms with E-state index in [1.165, 1.54) is 0 Å². The van der Waals surface area contributed by atoms with Crippen LogP contribution in [0.15, 0.2) is 30.3 Å². The van der Waals surface area contributed by atoms with Crippen LogP contribution in [0.3, 0.4) is 0 Å². The Bertz CT molecular complexity index is 1090. The van der Waals surface area contributed by atoms with Gasteiger partial charge in [-0.1, -0.05) is 0 Å². The average Bonchev–Trinajstić information content (AvgIpc) is 3.07. The van der Waals surface area contributed by atoms with Crippen LogP contribution in [0.4, 0.5) is 11.4 Å². The van der Waals surface area contributed by atoms with E-state index in [0.29, 0.717) is 29.9 Å². The van der Waals surface area contributed by atoms with Gasteiger partial charge >= 0.3 is 0 Å². The lowest BCUT2D eigenvalue weighted by Crippen LogP contribution is -2.30. The number of aromatic hydroxyl groups is 1. The van der Waals surface area contributed by atoms with E-state index in [0.717, 1.165) is 33.6 Å². The molecule has 2 aromatic carbocycles. The number of anilines is 2. The summed E-state index contributed by atoms with van der Waals surface area (Å²) < 4.78 is 16.4. The number of aromatic nitrogens is 1. The molecule has 7 heteroatoms. The highest BCUT2D eigenvalue weighted by Gasteiger charge is 2.36. The molecule has 0 fully saturated rings. The maximum Gasteiger partial charge on any atom is 0.295 e. The molecule has 0 saturated carbocycles. The Morgan fingerprint density at radius 2 is 1.93 bits per heavy atom. The molecule has 1 aliphatic heterocycles. The van der Waals surface area contributed by atoms with Gasteiger partial charge in [0.25, 0.3) is 6.47 Å². The maximum absolute atomic E-state index is 11.2. The minimum Gasteiger partial charge on any atom is -0.508 e. The molecule has 0 aliphatic carbocycles. The number of methoxy groups -OCH3 is 2. The molecule has 1 aromatic heterocycles. The van der Waals surface area contributed by atoms with E-state index in [4.69, 9.17) is 19.2 Å². The number of hydrogen-bond acceptors (Lipinski definition) is 7. The van der Waals surface area contributed by atoms with Crippen molar-refractivity contribution >= 4 is 28.7 Å². The number of hydrogen-bond donors (Lipinski definition) is 1. The topological polar surface area (TPSA) is 81.1 Å². The van der Waals surface area contributed by atoms with Crippen LogP contribution in [-0.2, 0) is 16.0 Å². The highest BCUT2D eigenvalue weighted by atomic mass is 16.5. The molecule has 4 rings (SSSR count). The quantitative estimate of drug-likeness (QED) is 0.660. The summed E-state index contributed by atoms with van der Waals surface area (Å²) in [6, 6.07) is 8.96. The number of pyridine rings is 1. The maximum atomic E-state index is 11.2. The SMILES string of the molecule is COc1cc(OC)c2nc(C)c3c(c2c1)N(c1cc(C)cc(O)c1)C(OC=O)C3. The largest absolute Gasteiger partial charge is 0.508 e. The van der Waals surface area contributed by atoms with Crippen molar-refractivity contribution in [3.8, 4) is 17.2 Å². The second-order valence-corrected chi connectivity index (χ2v) is 7.04. The van der Waals surface area contributed by atoms with E-state index in [1.54, 1.807) is 32.4 Å². The van der Waals surface area contributed by atoms with Gasteiger partial charge in [-0.3, -0.25) is 4.79 Å². The van der Waals surface area contributed by atoms with Gasteiger partial charge < -0.3 is 24.2 Å². The van der Waals surface area contributed by atoms with Crippen molar-refractivity contribution in [1.82, 2.24) is 4.98 Å². The summed E-state index contributed by atoms with van der Waals surface area (Å²) in [6.45, 7) is 4.28. The van der Waals surface area contributed by atoms with Crippen LogP contribution < -0.4 is 14.4 Å². The predicted molar refractivity (Wildman–Crippen MR) is 109 cm³/mol. The van der Waals surface area contributed by atoms with Crippen LogP contribution in [0.25, 0.3) is 10.9 Å². The number of ether oxygens (including phenoxy) is 3. The fourth-order valence-corrected chi connectivity index (χ4v) is 4.00. The molecular formula is C22H22N2O5. The number of carbonyl (C=O) groups excluding carboxylic acids is 1. The second kappa shape index (κ2) is 7.16. The summed E-state index contributed by atoms with van der Waals surface area (Å²) in [5.41, 5.74) is 4.97. The Labute approximate surface area is 168 Å². The summed E-state index contributed by atoms with van der Waals surface area (Å²) >= 11 is 0. The van der Waals surface area contributed by atoms with Crippen molar-refractivity contribution in [3.63, 3.8) is 0 Å². The lowest BCUT2D eigenvalue weighted by atomic mass is 10.0. The molecule has 0 saturated heterocycles. The van der Waals surface area contributed by atoms with Crippen molar-refractivity contribution in [1.29, 1.82) is 0 Å². The van der Waals surface area contributed by atoms with Gasteiger partial charge in [0, 0.05) is 40.9 Å². The van der Waals surface area contributed by atoms with Crippen molar-refractivity contribution in [2.75, 3.05) is 19.1 Å². The van der Waals surface area contributed by atoms with Crippen molar-refractivity contribution in [3.05, 3.63) is 47.2 Å². The standard InChI is InChI=1S/C22H22N2O5/c1-12-5-14(7-15(26)6-12)24-20(29-11-25)10-17-13(2)23-21-18(22(17)24)8-16(27-3)9-19(21)28-4/h5-9,11,20,26H,10H2,1-4H3. The van der Waals surface area contributed by atoms with E-state index >= 15 is 0 Å². The molecule has 0 spiro atoms. The van der Waals surface area contributed by atoms with Crippen LogP contribution in [0, 0.1) is 13.8 Å². The number of aryl methyl sites for hydroxylation is 2. The highest BCUT2D eigenvalue weighted by molar-refractivity contribution is 6.01. The first-order valence-corrected chi connectivity index (χ1v) is 9.21. The summed E-state index contributed by atoms with van der Waals surface area (Å²) in [5.74, 6) is 1.37. The fraction of sp³-hybridized carbons (Fsp3) is 0.273. The van der Waals surface area contributed by atoms with Gasteiger partial charge in [0.2, 0.25) is 0 Å². The van der Waals surface area contributed by atoms with Gasteiger partial charge in [-0.05, 0) is 37.6 Å². The molecule has 1 atom stereocenters. The van der Waals surface area contributed by atoms with Crippen LogP contribution in [0.5, 0.6) is 17.2 Å². The molecule has 0 radical (unpaired) electrons. The number of phenols is 1. The first-order chi connectivity index (χ1) is 14.0. The first kappa shape index (κ1) is 18.9. The monoisotopic (exact) mass is 394 g/mol. The minimum atomic E-state index is -0.549. The number of phenolic OH excluding ortho intramolecular Hbond substituents is 1. The molecule has 2 heterocycles. The Hall–Kier alpha value is -3.48. The van der Waals surface area contributed by atoms with Gasteiger partial charge in [-0.25, -0.2) is 4.98 Å². The van der Waals surface area contributed by atoms with Crippen LogP contribution in [0.2, 0.25) is 0 Å².